The van der Waals surface area contributed by atoms with Crippen molar-refractivity contribution >= 4 is 27.5 Å². The fourth-order valence-corrected chi connectivity index (χ4v) is 3.14. The van der Waals surface area contributed by atoms with E-state index in [1.54, 1.807) is 14.2 Å². The van der Waals surface area contributed by atoms with Crippen molar-refractivity contribution in [3.63, 3.8) is 0 Å². The minimum Gasteiger partial charge on any atom is -0.493 e. The van der Waals surface area contributed by atoms with Crippen molar-refractivity contribution in [1.29, 1.82) is 0 Å². The number of benzene rings is 3. The van der Waals surface area contributed by atoms with Crippen molar-refractivity contribution in [3.8, 4) is 11.5 Å². The van der Waals surface area contributed by atoms with Gasteiger partial charge in [0.1, 0.15) is 0 Å². The van der Waals surface area contributed by atoms with E-state index in [9.17, 15) is 4.79 Å². The maximum absolute atomic E-state index is 11.1. The van der Waals surface area contributed by atoms with Gasteiger partial charge >= 0.3 is 0 Å². The van der Waals surface area contributed by atoms with Crippen LogP contribution in [0.15, 0.2) is 42.5 Å². The zero-order valence-corrected chi connectivity index (χ0v) is 14.2. The molecule has 0 spiro atoms. The molecule has 0 aromatic heterocycles. The largest absolute Gasteiger partial charge is 0.493 e. The number of carbonyl (C=O) groups is 1. The van der Waals surface area contributed by atoms with Crippen molar-refractivity contribution in [2.24, 2.45) is 0 Å². The van der Waals surface area contributed by atoms with E-state index >= 15 is 0 Å². The summed E-state index contributed by atoms with van der Waals surface area (Å²) in [7, 11) is 3.31. The van der Waals surface area contributed by atoms with Gasteiger partial charge in [-0.15, -0.1) is 0 Å². The van der Waals surface area contributed by atoms with E-state index in [4.69, 9.17) is 9.47 Å². The summed E-state index contributed by atoms with van der Waals surface area (Å²) in [6.45, 7) is 2.12. The van der Waals surface area contributed by atoms with Gasteiger partial charge in [-0.2, -0.15) is 0 Å². The lowest BCUT2D eigenvalue weighted by atomic mass is 9.95. The Bertz CT molecular complexity index is 902. The molecule has 124 valence electrons. The average molecular weight is 323 g/mol. The smallest absolute Gasteiger partial charge is 0.216 e. The quantitative estimate of drug-likeness (QED) is 0.729. The second-order valence-corrected chi connectivity index (χ2v) is 5.71. The first-order valence-corrected chi connectivity index (χ1v) is 7.95. The molecule has 0 heterocycles. The Kier molecular flexibility index (Phi) is 4.56. The summed E-state index contributed by atoms with van der Waals surface area (Å²) >= 11 is 0. The minimum absolute atomic E-state index is 0.0229. The van der Waals surface area contributed by atoms with Gasteiger partial charge in [-0.05, 0) is 34.2 Å². The van der Waals surface area contributed by atoms with Gasteiger partial charge < -0.3 is 14.8 Å². The Hall–Kier alpha value is -2.75. The molecule has 0 aliphatic heterocycles. The Morgan fingerprint density at radius 1 is 1.04 bits per heavy atom. The van der Waals surface area contributed by atoms with Gasteiger partial charge in [0.15, 0.2) is 11.5 Å². The van der Waals surface area contributed by atoms with E-state index in [1.165, 1.54) is 6.92 Å². The summed E-state index contributed by atoms with van der Waals surface area (Å²) < 4.78 is 11.2. The lowest BCUT2D eigenvalue weighted by Gasteiger charge is -2.16. The van der Waals surface area contributed by atoms with Crippen LogP contribution in [-0.2, 0) is 11.2 Å². The van der Waals surface area contributed by atoms with Gasteiger partial charge in [0.25, 0.3) is 0 Å². The summed E-state index contributed by atoms with van der Waals surface area (Å²) in [6.07, 6.45) is 0.731. The first-order chi connectivity index (χ1) is 11.7. The normalized spacial score (nSPS) is 10.8. The van der Waals surface area contributed by atoms with E-state index < -0.39 is 0 Å². The Labute approximate surface area is 141 Å². The number of fused-ring (bicyclic) bond motifs is 3. The molecule has 3 rings (SSSR count). The van der Waals surface area contributed by atoms with E-state index in [-0.39, 0.29) is 5.91 Å². The summed E-state index contributed by atoms with van der Waals surface area (Å²) in [5, 5.41) is 7.31. The molecule has 1 amide bonds. The highest BCUT2D eigenvalue weighted by Gasteiger charge is 2.16. The molecule has 0 saturated carbocycles. The van der Waals surface area contributed by atoms with Crippen molar-refractivity contribution < 1.29 is 14.3 Å². The number of rotatable bonds is 5. The highest BCUT2D eigenvalue weighted by atomic mass is 16.5. The molecule has 0 aliphatic rings. The van der Waals surface area contributed by atoms with Crippen LogP contribution < -0.4 is 14.8 Å². The van der Waals surface area contributed by atoms with Crippen molar-refractivity contribution in [1.82, 2.24) is 5.32 Å². The lowest BCUT2D eigenvalue weighted by molar-refractivity contribution is -0.118. The standard InChI is InChI=1S/C20H21NO3/c1-13(22)21-11-10-15-12-18(23-2)20(24-3)19-16-7-5-4-6-14(16)8-9-17(15)19/h4-9,12H,10-11H2,1-3H3,(H,21,22). The van der Waals surface area contributed by atoms with Crippen LogP contribution in [0.4, 0.5) is 0 Å². The SMILES string of the molecule is COc1cc(CCNC(C)=O)c2ccc3ccccc3c2c1OC. The minimum atomic E-state index is -0.0229. The van der Waals surface area contributed by atoms with Crippen LogP contribution >= 0.6 is 0 Å². The number of nitrogens with one attached hydrogen (secondary N) is 1. The second-order valence-electron chi connectivity index (χ2n) is 5.71. The number of amides is 1. The van der Waals surface area contributed by atoms with Crippen LogP contribution in [0.3, 0.4) is 0 Å². The molecule has 0 aliphatic carbocycles. The Morgan fingerprint density at radius 2 is 1.83 bits per heavy atom. The second kappa shape index (κ2) is 6.79. The van der Waals surface area contributed by atoms with E-state index in [2.05, 4.69) is 29.6 Å². The van der Waals surface area contributed by atoms with E-state index in [1.807, 2.05) is 18.2 Å². The van der Waals surface area contributed by atoms with Crippen LogP contribution in [0.2, 0.25) is 0 Å². The van der Waals surface area contributed by atoms with Crippen LogP contribution in [0.1, 0.15) is 12.5 Å². The average Bonchev–Trinajstić information content (AvgIpc) is 2.60. The van der Waals surface area contributed by atoms with Crippen LogP contribution in [0, 0.1) is 0 Å². The first kappa shape index (κ1) is 16.1. The van der Waals surface area contributed by atoms with Crippen molar-refractivity contribution in [2.75, 3.05) is 20.8 Å². The lowest BCUT2D eigenvalue weighted by Crippen LogP contribution is -2.22. The summed E-state index contributed by atoms with van der Waals surface area (Å²) in [5.74, 6) is 1.43. The van der Waals surface area contributed by atoms with Gasteiger partial charge in [0, 0.05) is 18.9 Å². The fraction of sp³-hybridized carbons (Fsp3) is 0.250. The molecule has 0 radical (unpaired) electrons. The van der Waals surface area contributed by atoms with Gasteiger partial charge in [-0.1, -0.05) is 36.4 Å². The molecule has 0 fully saturated rings. The maximum atomic E-state index is 11.1. The van der Waals surface area contributed by atoms with Crippen molar-refractivity contribution in [3.05, 3.63) is 48.0 Å². The number of hydrogen-bond donors (Lipinski definition) is 1. The van der Waals surface area contributed by atoms with Gasteiger partial charge in [0.05, 0.1) is 14.2 Å². The molecule has 4 heteroatoms. The molecule has 3 aromatic rings. The molecule has 3 aromatic carbocycles. The Morgan fingerprint density at radius 3 is 2.54 bits per heavy atom. The third kappa shape index (κ3) is 2.87. The summed E-state index contributed by atoms with van der Waals surface area (Å²) in [5.41, 5.74) is 1.13. The van der Waals surface area contributed by atoms with E-state index in [0.717, 1.165) is 39.3 Å². The number of methoxy groups -OCH3 is 2. The molecule has 0 atom stereocenters. The van der Waals surface area contributed by atoms with Gasteiger partial charge in [0.2, 0.25) is 5.91 Å². The van der Waals surface area contributed by atoms with Crippen molar-refractivity contribution in [2.45, 2.75) is 13.3 Å². The Balaban J connectivity index is 2.25. The van der Waals surface area contributed by atoms with Crippen LogP contribution in [0.5, 0.6) is 11.5 Å². The molecule has 1 N–H and O–H groups in total. The monoisotopic (exact) mass is 323 g/mol. The maximum Gasteiger partial charge on any atom is 0.216 e. The number of ether oxygens (including phenoxy) is 2. The molecule has 24 heavy (non-hydrogen) atoms. The predicted molar refractivity (Wildman–Crippen MR) is 96.9 cm³/mol. The molecule has 0 bridgehead atoms. The molecule has 0 saturated heterocycles. The van der Waals surface area contributed by atoms with E-state index in [0.29, 0.717) is 12.3 Å². The number of carbonyl (C=O) groups excluding carboxylic acids is 1. The molecule has 4 nitrogen and oxygen atoms in total. The molecular weight excluding hydrogens is 302 g/mol. The highest BCUT2D eigenvalue weighted by Crippen LogP contribution is 2.41. The van der Waals surface area contributed by atoms with Crippen LogP contribution in [0.25, 0.3) is 21.5 Å². The van der Waals surface area contributed by atoms with Gasteiger partial charge in [-0.3, -0.25) is 4.79 Å². The molecule has 0 unspecified atom stereocenters. The fourth-order valence-electron chi connectivity index (χ4n) is 3.14. The molecular formula is C20H21NO3. The number of hydrogen-bond acceptors (Lipinski definition) is 3. The first-order valence-electron chi connectivity index (χ1n) is 7.95. The zero-order valence-electron chi connectivity index (χ0n) is 14.2. The topological polar surface area (TPSA) is 47.6 Å². The third-order valence-electron chi connectivity index (χ3n) is 4.22. The zero-order chi connectivity index (χ0) is 17.1. The van der Waals surface area contributed by atoms with Crippen LogP contribution in [-0.4, -0.2) is 26.7 Å². The summed E-state index contributed by atoms with van der Waals surface area (Å²) in [4.78, 5) is 11.1. The summed E-state index contributed by atoms with van der Waals surface area (Å²) in [6, 6.07) is 14.5. The highest BCUT2D eigenvalue weighted by molar-refractivity contribution is 6.12. The van der Waals surface area contributed by atoms with Gasteiger partial charge in [-0.25, -0.2) is 0 Å². The predicted octanol–water partition coefficient (Wildman–Crippen LogP) is 3.69. The third-order valence-corrected chi connectivity index (χ3v) is 4.22.